The first-order valence-electron chi connectivity index (χ1n) is 5.18. The summed E-state index contributed by atoms with van der Waals surface area (Å²) >= 11 is 5.94. The second kappa shape index (κ2) is 4.67. The van der Waals surface area contributed by atoms with Gasteiger partial charge in [0, 0.05) is 10.9 Å². The highest BCUT2D eigenvalue weighted by Crippen LogP contribution is 2.25. The lowest BCUT2D eigenvalue weighted by atomic mass is 9.93. The van der Waals surface area contributed by atoms with Crippen molar-refractivity contribution in [1.29, 1.82) is 0 Å². The quantitative estimate of drug-likeness (QED) is 0.711. The van der Waals surface area contributed by atoms with E-state index in [0.29, 0.717) is 0 Å². The maximum absolute atomic E-state index is 12.8. The van der Waals surface area contributed by atoms with Gasteiger partial charge in [0.15, 0.2) is 0 Å². The van der Waals surface area contributed by atoms with Gasteiger partial charge in [-0.2, -0.15) is 0 Å². The van der Waals surface area contributed by atoms with Crippen molar-refractivity contribution in [2.24, 2.45) is 0 Å². The highest BCUT2D eigenvalue weighted by atomic mass is 35.5. The van der Waals surface area contributed by atoms with E-state index >= 15 is 0 Å². The molecule has 16 heavy (non-hydrogen) atoms. The third kappa shape index (κ3) is 2.42. The van der Waals surface area contributed by atoms with Gasteiger partial charge in [0.2, 0.25) is 0 Å². The van der Waals surface area contributed by atoms with E-state index < -0.39 is 0 Å². The lowest BCUT2D eigenvalue weighted by Crippen LogP contribution is -1.95. The second-order valence-corrected chi connectivity index (χ2v) is 4.26. The number of hydrogen-bond donors (Lipinski definition) is 0. The summed E-state index contributed by atoms with van der Waals surface area (Å²) in [5, 5.41) is 0.728. The van der Waals surface area contributed by atoms with Gasteiger partial charge in [-0.15, -0.1) is 0 Å². The molecule has 0 N–H and O–H groups in total. The van der Waals surface area contributed by atoms with Crippen LogP contribution in [0, 0.1) is 5.82 Å². The number of hydrogen-bond acceptors (Lipinski definition) is 0. The number of halogens is 2. The third-order valence-electron chi connectivity index (χ3n) is 2.72. The van der Waals surface area contributed by atoms with E-state index in [1.807, 2.05) is 24.3 Å². The average molecular weight is 235 g/mol. The predicted octanol–water partition coefficient (Wildman–Crippen LogP) is 4.63. The molecule has 0 bridgehead atoms. The molecule has 0 aromatic heterocycles. The van der Waals surface area contributed by atoms with Crippen LogP contribution in [-0.2, 0) is 0 Å². The van der Waals surface area contributed by atoms with Crippen molar-refractivity contribution in [3.05, 3.63) is 70.5 Å². The molecule has 1 unspecified atom stereocenters. The SMILES string of the molecule is CC(c1ccc(F)cc1)c1cccc(Cl)c1. The fraction of sp³-hybridized carbons (Fsp3) is 0.143. The summed E-state index contributed by atoms with van der Waals surface area (Å²) in [4.78, 5) is 0. The summed E-state index contributed by atoms with van der Waals surface area (Å²) in [5.41, 5.74) is 2.22. The Morgan fingerprint density at radius 3 is 2.31 bits per heavy atom. The fourth-order valence-corrected chi connectivity index (χ4v) is 1.92. The number of rotatable bonds is 2. The molecular formula is C14H12ClF. The maximum Gasteiger partial charge on any atom is 0.123 e. The molecule has 0 radical (unpaired) electrons. The van der Waals surface area contributed by atoms with E-state index in [1.165, 1.54) is 12.1 Å². The Morgan fingerprint density at radius 2 is 1.69 bits per heavy atom. The largest absolute Gasteiger partial charge is 0.207 e. The molecule has 0 amide bonds. The molecule has 0 spiro atoms. The predicted molar refractivity (Wildman–Crippen MR) is 65.4 cm³/mol. The molecule has 0 nitrogen and oxygen atoms in total. The van der Waals surface area contributed by atoms with Gasteiger partial charge in [-0.05, 0) is 35.4 Å². The standard InChI is InChI=1S/C14H12ClF/c1-10(11-5-7-14(16)8-6-11)12-3-2-4-13(15)9-12/h2-10H,1H3. The molecule has 0 saturated carbocycles. The first kappa shape index (κ1) is 11.2. The Hall–Kier alpha value is -1.34. The van der Waals surface area contributed by atoms with E-state index in [2.05, 4.69) is 6.92 Å². The monoisotopic (exact) mass is 234 g/mol. The van der Waals surface area contributed by atoms with E-state index in [0.717, 1.165) is 16.1 Å². The van der Waals surface area contributed by atoms with Gasteiger partial charge in [-0.1, -0.05) is 42.8 Å². The van der Waals surface area contributed by atoms with Crippen LogP contribution in [0.2, 0.25) is 5.02 Å². The molecule has 0 aliphatic heterocycles. The molecule has 1 atom stereocenters. The normalized spacial score (nSPS) is 12.4. The molecule has 0 saturated heterocycles. The zero-order valence-electron chi connectivity index (χ0n) is 8.95. The minimum atomic E-state index is -0.206. The fourth-order valence-electron chi connectivity index (χ4n) is 1.72. The van der Waals surface area contributed by atoms with Crippen LogP contribution in [-0.4, -0.2) is 0 Å². The zero-order chi connectivity index (χ0) is 11.5. The Kier molecular flexibility index (Phi) is 3.25. The summed E-state index contributed by atoms with van der Waals surface area (Å²) in [6.07, 6.45) is 0. The maximum atomic E-state index is 12.8. The molecular weight excluding hydrogens is 223 g/mol. The number of benzene rings is 2. The van der Waals surface area contributed by atoms with E-state index in [-0.39, 0.29) is 11.7 Å². The Bertz CT molecular complexity index is 476. The van der Waals surface area contributed by atoms with E-state index in [4.69, 9.17) is 11.6 Å². The summed E-state index contributed by atoms with van der Waals surface area (Å²) in [6, 6.07) is 14.3. The lowest BCUT2D eigenvalue weighted by molar-refractivity contribution is 0.626. The molecule has 82 valence electrons. The van der Waals surface area contributed by atoms with E-state index in [1.54, 1.807) is 12.1 Å². The second-order valence-electron chi connectivity index (χ2n) is 3.83. The van der Waals surface area contributed by atoms with Crippen molar-refractivity contribution < 1.29 is 4.39 Å². The summed E-state index contributed by atoms with van der Waals surface area (Å²) in [6.45, 7) is 2.08. The van der Waals surface area contributed by atoms with Crippen molar-refractivity contribution in [2.45, 2.75) is 12.8 Å². The Balaban J connectivity index is 2.31. The summed E-state index contributed by atoms with van der Waals surface area (Å²) in [7, 11) is 0. The van der Waals surface area contributed by atoms with Gasteiger partial charge in [-0.3, -0.25) is 0 Å². The van der Waals surface area contributed by atoms with Crippen LogP contribution < -0.4 is 0 Å². The van der Waals surface area contributed by atoms with Crippen LogP contribution in [0.25, 0.3) is 0 Å². The third-order valence-corrected chi connectivity index (χ3v) is 2.95. The highest BCUT2D eigenvalue weighted by Gasteiger charge is 2.08. The van der Waals surface area contributed by atoms with Crippen molar-refractivity contribution in [3.63, 3.8) is 0 Å². The minimum Gasteiger partial charge on any atom is -0.207 e. The molecule has 2 aromatic rings. The molecule has 0 heterocycles. The first-order chi connectivity index (χ1) is 7.66. The molecule has 2 aromatic carbocycles. The topological polar surface area (TPSA) is 0 Å². The Morgan fingerprint density at radius 1 is 1.00 bits per heavy atom. The van der Waals surface area contributed by atoms with Gasteiger partial charge in [0.1, 0.15) is 5.82 Å². The first-order valence-corrected chi connectivity index (χ1v) is 5.55. The molecule has 0 fully saturated rings. The van der Waals surface area contributed by atoms with Crippen LogP contribution in [0.4, 0.5) is 4.39 Å². The molecule has 0 aliphatic rings. The Labute approximate surface area is 99.7 Å². The smallest absolute Gasteiger partial charge is 0.123 e. The molecule has 0 aliphatic carbocycles. The van der Waals surface area contributed by atoms with E-state index in [9.17, 15) is 4.39 Å². The van der Waals surface area contributed by atoms with Crippen LogP contribution >= 0.6 is 11.6 Å². The van der Waals surface area contributed by atoms with Gasteiger partial charge in [0.25, 0.3) is 0 Å². The summed E-state index contributed by atoms with van der Waals surface area (Å²) < 4.78 is 12.8. The average Bonchev–Trinajstić information content (AvgIpc) is 2.29. The van der Waals surface area contributed by atoms with Gasteiger partial charge in [-0.25, -0.2) is 4.39 Å². The van der Waals surface area contributed by atoms with Crippen molar-refractivity contribution in [3.8, 4) is 0 Å². The van der Waals surface area contributed by atoms with Gasteiger partial charge >= 0.3 is 0 Å². The lowest BCUT2D eigenvalue weighted by Gasteiger charge is -2.12. The molecule has 2 heteroatoms. The van der Waals surface area contributed by atoms with Crippen LogP contribution in [0.3, 0.4) is 0 Å². The highest BCUT2D eigenvalue weighted by molar-refractivity contribution is 6.30. The van der Waals surface area contributed by atoms with Crippen LogP contribution in [0.5, 0.6) is 0 Å². The molecule has 2 rings (SSSR count). The van der Waals surface area contributed by atoms with Gasteiger partial charge in [0.05, 0.1) is 0 Å². The minimum absolute atomic E-state index is 0.206. The van der Waals surface area contributed by atoms with Crippen LogP contribution in [0.1, 0.15) is 24.0 Å². The van der Waals surface area contributed by atoms with Crippen molar-refractivity contribution in [1.82, 2.24) is 0 Å². The van der Waals surface area contributed by atoms with Crippen molar-refractivity contribution in [2.75, 3.05) is 0 Å². The van der Waals surface area contributed by atoms with Crippen molar-refractivity contribution >= 4 is 11.6 Å². The van der Waals surface area contributed by atoms with Gasteiger partial charge < -0.3 is 0 Å². The van der Waals surface area contributed by atoms with Crippen LogP contribution in [0.15, 0.2) is 48.5 Å². The zero-order valence-corrected chi connectivity index (χ0v) is 9.71. The summed E-state index contributed by atoms with van der Waals surface area (Å²) in [5.74, 6) is 0.0151.